The summed E-state index contributed by atoms with van der Waals surface area (Å²) >= 11 is 9.18. The Kier molecular flexibility index (Phi) is 4.85. The summed E-state index contributed by atoms with van der Waals surface area (Å²) in [5, 5.41) is 3.02. The topological polar surface area (TPSA) is 29.1 Å². The van der Waals surface area contributed by atoms with Crippen molar-refractivity contribution < 1.29 is 9.18 Å². The highest BCUT2D eigenvalue weighted by Gasteiger charge is 2.25. The maximum atomic E-state index is 13.1. The van der Waals surface area contributed by atoms with Crippen molar-refractivity contribution in [3.8, 4) is 0 Å². The minimum Gasteiger partial charge on any atom is -0.324 e. The Morgan fingerprint density at radius 2 is 2.00 bits per heavy atom. The van der Waals surface area contributed by atoms with Gasteiger partial charge in [0.25, 0.3) is 0 Å². The first-order chi connectivity index (χ1) is 8.97. The van der Waals surface area contributed by atoms with E-state index in [4.69, 9.17) is 11.6 Å². The minimum atomic E-state index is -0.429. The van der Waals surface area contributed by atoms with Crippen molar-refractivity contribution in [3.05, 3.63) is 27.4 Å². The SMILES string of the molecule is CC1CCC(C(=O)Nc2c(Cl)cc(F)cc2Br)CC1. The second-order valence-corrected chi connectivity index (χ2v) is 6.45. The summed E-state index contributed by atoms with van der Waals surface area (Å²) in [6, 6.07) is 2.50. The molecule has 1 aliphatic rings. The smallest absolute Gasteiger partial charge is 0.227 e. The summed E-state index contributed by atoms with van der Waals surface area (Å²) in [5.41, 5.74) is 0.451. The first kappa shape index (κ1) is 14.8. The van der Waals surface area contributed by atoms with E-state index in [-0.39, 0.29) is 16.8 Å². The van der Waals surface area contributed by atoms with Gasteiger partial charge in [-0.05, 0) is 59.7 Å². The summed E-state index contributed by atoms with van der Waals surface area (Å²) in [5.74, 6) is 0.275. The van der Waals surface area contributed by atoms with Gasteiger partial charge < -0.3 is 5.32 Å². The summed E-state index contributed by atoms with van der Waals surface area (Å²) in [6.07, 6.45) is 3.97. The highest BCUT2D eigenvalue weighted by atomic mass is 79.9. The lowest BCUT2D eigenvalue weighted by Gasteiger charge is -2.25. The number of rotatable bonds is 2. The number of hydrogen-bond acceptors (Lipinski definition) is 1. The van der Waals surface area contributed by atoms with Crippen molar-refractivity contribution in [2.24, 2.45) is 11.8 Å². The van der Waals surface area contributed by atoms with Crippen LogP contribution in [0.15, 0.2) is 16.6 Å². The molecule has 0 spiro atoms. The molecule has 0 aromatic heterocycles. The monoisotopic (exact) mass is 347 g/mol. The number of benzene rings is 1. The van der Waals surface area contributed by atoms with Crippen LogP contribution >= 0.6 is 27.5 Å². The van der Waals surface area contributed by atoms with Gasteiger partial charge in [-0.1, -0.05) is 18.5 Å². The molecular weight excluding hydrogens is 333 g/mol. The van der Waals surface area contributed by atoms with Gasteiger partial charge in [0.05, 0.1) is 10.7 Å². The Hall–Kier alpha value is -0.610. The molecule has 2 nitrogen and oxygen atoms in total. The molecule has 1 fully saturated rings. The van der Waals surface area contributed by atoms with Crippen LogP contribution in [-0.2, 0) is 4.79 Å². The fourth-order valence-electron chi connectivity index (χ4n) is 2.41. The molecular formula is C14H16BrClFNO. The van der Waals surface area contributed by atoms with Crippen LogP contribution in [-0.4, -0.2) is 5.91 Å². The second kappa shape index (κ2) is 6.23. The Morgan fingerprint density at radius 3 is 2.58 bits per heavy atom. The maximum absolute atomic E-state index is 13.1. The van der Waals surface area contributed by atoms with Crippen LogP contribution in [0.25, 0.3) is 0 Å². The average Bonchev–Trinajstić information content (AvgIpc) is 2.34. The number of carbonyl (C=O) groups is 1. The molecule has 1 aliphatic carbocycles. The van der Waals surface area contributed by atoms with Gasteiger partial charge >= 0.3 is 0 Å². The fraction of sp³-hybridized carbons (Fsp3) is 0.500. The van der Waals surface area contributed by atoms with E-state index in [2.05, 4.69) is 28.2 Å². The standard InChI is InChI=1S/C14H16BrClFNO/c1-8-2-4-9(5-3-8)14(19)18-13-11(15)6-10(17)7-12(13)16/h6-9H,2-5H2,1H3,(H,18,19). The number of hydrogen-bond donors (Lipinski definition) is 1. The van der Waals surface area contributed by atoms with E-state index in [1.165, 1.54) is 12.1 Å². The summed E-state index contributed by atoms with van der Waals surface area (Å²) < 4.78 is 13.6. The van der Waals surface area contributed by atoms with E-state index >= 15 is 0 Å². The van der Waals surface area contributed by atoms with E-state index < -0.39 is 5.82 Å². The number of halogens is 3. The van der Waals surface area contributed by atoms with Gasteiger partial charge in [-0.2, -0.15) is 0 Å². The largest absolute Gasteiger partial charge is 0.324 e. The molecule has 1 aromatic carbocycles. The van der Waals surface area contributed by atoms with E-state index in [0.29, 0.717) is 16.1 Å². The zero-order valence-corrected chi connectivity index (χ0v) is 13.0. The molecule has 0 unspecified atom stereocenters. The number of anilines is 1. The number of amides is 1. The van der Waals surface area contributed by atoms with Crippen molar-refractivity contribution in [3.63, 3.8) is 0 Å². The number of nitrogens with one attached hydrogen (secondary N) is 1. The zero-order chi connectivity index (χ0) is 14.0. The van der Waals surface area contributed by atoms with Crippen LogP contribution in [0, 0.1) is 17.7 Å². The average molecular weight is 349 g/mol. The molecule has 0 bridgehead atoms. The molecule has 0 saturated heterocycles. The van der Waals surface area contributed by atoms with Gasteiger partial charge in [-0.25, -0.2) is 4.39 Å². The summed E-state index contributed by atoms with van der Waals surface area (Å²) in [6.45, 7) is 2.21. The van der Waals surface area contributed by atoms with Gasteiger partial charge in [-0.15, -0.1) is 0 Å². The molecule has 1 N–H and O–H groups in total. The molecule has 0 heterocycles. The van der Waals surface area contributed by atoms with Crippen LogP contribution in [0.4, 0.5) is 10.1 Å². The molecule has 19 heavy (non-hydrogen) atoms. The molecule has 2 rings (SSSR count). The van der Waals surface area contributed by atoms with Crippen LogP contribution in [0.3, 0.4) is 0 Å². The van der Waals surface area contributed by atoms with Crippen LogP contribution in [0.1, 0.15) is 32.6 Å². The third-order valence-corrected chi connectivity index (χ3v) is 4.57. The lowest BCUT2D eigenvalue weighted by Crippen LogP contribution is -2.26. The van der Waals surface area contributed by atoms with E-state index in [1.54, 1.807) is 0 Å². The molecule has 5 heteroatoms. The Labute approximate surface area is 125 Å². The van der Waals surface area contributed by atoms with Gasteiger partial charge in [0.15, 0.2) is 0 Å². The summed E-state index contributed by atoms with van der Waals surface area (Å²) in [4.78, 5) is 12.2. The highest BCUT2D eigenvalue weighted by molar-refractivity contribution is 9.10. The van der Waals surface area contributed by atoms with Crippen molar-refractivity contribution in [1.29, 1.82) is 0 Å². The first-order valence-corrected chi connectivity index (χ1v) is 7.60. The predicted octanol–water partition coefficient (Wildman–Crippen LogP) is 5.01. The third-order valence-electron chi connectivity index (χ3n) is 3.64. The zero-order valence-electron chi connectivity index (χ0n) is 10.7. The molecule has 0 atom stereocenters. The highest BCUT2D eigenvalue weighted by Crippen LogP contribution is 2.34. The van der Waals surface area contributed by atoms with Crippen molar-refractivity contribution >= 4 is 39.1 Å². The quantitative estimate of drug-likeness (QED) is 0.800. The van der Waals surface area contributed by atoms with Gasteiger partial charge in [0.2, 0.25) is 5.91 Å². The van der Waals surface area contributed by atoms with Gasteiger partial charge in [0.1, 0.15) is 5.82 Å². The van der Waals surface area contributed by atoms with Gasteiger partial charge in [0, 0.05) is 10.4 Å². The summed E-state index contributed by atoms with van der Waals surface area (Å²) in [7, 11) is 0. The van der Waals surface area contributed by atoms with Crippen LogP contribution in [0.5, 0.6) is 0 Å². The number of carbonyl (C=O) groups excluding carboxylic acids is 1. The predicted molar refractivity (Wildman–Crippen MR) is 78.9 cm³/mol. The van der Waals surface area contributed by atoms with E-state index in [1.807, 2.05) is 0 Å². The van der Waals surface area contributed by atoms with Crippen molar-refractivity contribution in [2.75, 3.05) is 5.32 Å². The van der Waals surface area contributed by atoms with Crippen molar-refractivity contribution in [2.45, 2.75) is 32.6 Å². The lowest BCUT2D eigenvalue weighted by molar-refractivity contribution is -0.121. The molecule has 0 aliphatic heterocycles. The molecule has 1 amide bonds. The Morgan fingerprint density at radius 1 is 1.37 bits per heavy atom. The maximum Gasteiger partial charge on any atom is 0.227 e. The Balaban J connectivity index is 2.07. The van der Waals surface area contributed by atoms with E-state index in [9.17, 15) is 9.18 Å². The molecule has 1 saturated carbocycles. The fourth-order valence-corrected chi connectivity index (χ4v) is 3.31. The second-order valence-electron chi connectivity index (χ2n) is 5.19. The van der Waals surface area contributed by atoms with Crippen LogP contribution in [0.2, 0.25) is 5.02 Å². The molecule has 1 aromatic rings. The third kappa shape index (κ3) is 3.69. The minimum absolute atomic E-state index is 0.0268. The van der Waals surface area contributed by atoms with Crippen LogP contribution < -0.4 is 5.32 Å². The Bertz CT molecular complexity index is 463. The first-order valence-electron chi connectivity index (χ1n) is 6.42. The normalized spacial score (nSPS) is 23.2. The lowest BCUT2D eigenvalue weighted by atomic mass is 9.82. The van der Waals surface area contributed by atoms with Gasteiger partial charge in [-0.3, -0.25) is 4.79 Å². The molecule has 0 radical (unpaired) electrons. The van der Waals surface area contributed by atoms with E-state index in [0.717, 1.165) is 25.7 Å². The molecule has 104 valence electrons. The van der Waals surface area contributed by atoms with Crippen molar-refractivity contribution in [1.82, 2.24) is 0 Å².